The quantitative estimate of drug-likeness (QED) is 0.660. The van der Waals surface area contributed by atoms with Gasteiger partial charge in [-0.05, 0) is 5.56 Å². The molecular weight excluding hydrogens is 236 g/mol. The monoisotopic (exact) mass is 248 g/mol. The Balaban J connectivity index is 1.85. The third kappa shape index (κ3) is 2.63. The molecule has 1 aromatic heterocycles. The Hall–Kier alpha value is -2.62. The third-order valence-corrected chi connectivity index (χ3v) is 2.81. The summed E-state index contributed by atoms with van der Waals surface area (Å²) in [6.07, 6.45) is 1.73. The average Bonchev–Trinajstić information content (AvgIpc) is 2.49. The van der Waals surface area contributed by atoms with Gasteiger partial charge >= 0.3 is 0 Å². The molecule has 0 aliphatic carbocycles. The number of rotatable bonds is 3. The first-order valence-electron chi connectivity index (χ1n) is 6.05. The number of fused-ring (bicyclic) bond motifs is 1. The topological polar surface area (TPSA) is 50.5 Å². The first kappa shape index (κ1) is 11.5. The van der Waals surface area contributed by atoms with Crippen LogP contribution in [0.2, 0.25) is 0 Å². The maximum absolute atomic E-state index is 4.18. The van der Waals surface area contributed by atoms with Gasteiger partial charge in [0.1, 0.15) is 0 Å². The van der Waals surface area contributed by atoms with Gasteiger partial charge in [-0.1, -0.05) is 54.6 Å². The van der Waals surface area contributed by atoms with Gasteiger partial charge in [0.15, 0.2) is 0 Å². The number of hydrogen-bond acceptors (Lipinski definition) is 4. The van der Waals surface area contributed by atoms with E-state index in [4.69, 9.17) is 0 Å². The van der Waals surface area contributed by atoms with Crippen LogP contribution in [0.4, 0.5) is 5.82 Å². The Labute approximate surface area is 110 Å². The molecule has 2 aromatic carbocycles. The smallest absolute Gasteiger partial charge is 0.182 e. The predicted molar refractivity (Wildman–Crippen MR) is 74.2 cm³/mol. The Morgan fingerprint density at radius 3 is 2.58 bits per heavy atom. The number of nitrogens with zero attached hydrogens (tertiary/aromatic N) is 4. The van der Waals surface area contributed by atoms with Crippen molar-refractivity contribution in [1.82, 2.24) is 10.2 Å². The lowest BCUT2D eigenvalue weighted by molar-refractivity contribution is 0.928. The molecule has 4 heteroatoms. The van der Waals surface area contributed by atoms with Crippen LogP contribution in [0, 0.1) is 0 Å². The lowest BCUT2D eigenvalue weighted by Gasteiger charge is -1.98. The lowest BCUT2D eigenvalue weighted by Crippen LogP contribution is -1.83. The van der Waals surface area contributed by atoms with E-state index in [9.17, 15) is 0 Å². The maximum atomic E-state index is 4.18. The van der Waals surface area contributed by atoms with Crippen molar-refractivity contribution < 1.29 is 0 Å². The lowest BCUT2D eigenvalue weighted by atomic mass is 10.2. The zero-order valence-electron chi connectivity index (χ0n) is 10.3. The molecule has 0 saturated carbocycles. The Bertz CT molecular complexity index is 702. The summed E-state index contributed by atoms with van der Waals surface area (Å²) in [6, 6.07) is 17.9. The second-order valence-electron chi connectivity index (χ2n) is 4.14. The molecule has 0 atom stereocenters. The van der Waals surface area contributed by atoms with Gasteiger partial charge in [-0.3, -0.25) is 0 Å². The van der Waals surface area contributed by atoms with Crippen LogP contribution in [0.15, 0.2) is 71.0 Å². The number of aromatic nitrogens is 2. The first-order valence-corrected chi connectivity index (χ1v) is 6.05. The summed E-state index contributed by atoms with van der Waals surface area (Å²) in [5.41, 5.74) is 1.12. The second-order valence-corrected chi connectivity index (χ2v) is 4.14. The first-order chi connectivity index (χ1) is 9.43. The van der Waals surface area contributed by atoms with Crippen LogP contribution in [-0.2, 0) is 6.54 Å². The minimum atomic E-state index is 0.547. The molecule has 0 unspecified atom stereocenters. The standard InChI is InChI=1S/C15H12N4/c1-2-6-12(7-3-1)10-16-18-15-14-9-5-4-8-13(14)11-17-19-15/h1-9,11H,10H2. The highest BCUT2D eigenvalue weighted by Crippen LogP contribution is 2.22. The minimum absolute atomic E-state index is 0.547. The highest BCUT2D eigenvalue weighted by Gasteiger charge is 2.00. The normalized spacial score (nSPS) is 11.2. The van der Waals surface area contributed by atoms with Crippen molar-refractivity contribution in [3.63, 3.8) is 0 Å². The van der Waals surface area contributed by atoms with Crippen molar-refractivity contribution in [2.24, 2.45) is 10.2 Å². The Morgan fingerprint density at radius 2 is 1.68 bits per heavy atom. The molecule has 0 aliphatic heterocycles. The summed E-state index contributed by atoms with van der Waals surface area (Å²) >= 11 is 0. The highest BCUT2D eigenvalue weighted by atomic mass is 15.2. The van der Waals surface area contributed by atoms with E-state index in [1.165, 1.54) is 0 Å². The number of hydrogen-bond donors (Lipinski definition) is 0. The molecule has 0 aliphatic rings. The van der Waals surface area contributed by atoms with Gasteiger partial charge < -0.3 is 0 Å². The molecule has 0 spiro atoms. The van der Waals surface area contributed by atoms with E-state index in [1.54, 1.807) is 6.20 Å². The highest BCUT2D eigenvalue weighted by molar-refractivity contribution is 5.89. The summed E-state index contributed by atoms with van der Waals surface area (Å²) in [5.74, 6) is 0.564. The van der Waals surface area contributed by atoms with Crippen molar-refractivity contribution in [2.45, 2.75) is 6.54 Å². The average molecular weight is 248 g/mol. The summed E-state index contributed by atoms with van der Waals surface area (Å²) < 4.78 is 0. The molecule has 0 fully saturated rings. The Morgan fingerprint density at radius 1 is 0.895 bits per heavy atom. The molecule has 0 bridgehead atoms. The molecule has 0 radical (unpaired) electrons. The van der Waals surface area contributed by atoms with E-state index in [2.05, 4.69) is 20.4 Å². The Kier molecular flexibility index (Phi) is 3.23. The summed E-state index contributed by atoms with van der Waals surface area (Å²) in [6.45, 7) is 0.547. The van der Waals surface area contributed by atoms with Crippen molar-refractivity contribution in [2.75, 3.05) is 0 Å². The van der Waals surface area contributed by atoms with Gasteiger partial charge in [0.2, 0.25) is 5.82 Å². The van der Waals surface area contributed by atoms with Gasteiger partial charge in [-0.25, -0.2) is 0 Å². The molecule has 19 heavy (non-hydrogen) atoms. The molecule has 92 valence electrons. The van der Waals surface area contributed by atoms with Gasteiger partial charge in [0, 0.05) is 10.8 Å². The fraction of sp³-hybridized carbons (Fsp3) is 0.0667. The zero-order valence-corrected chi connectivity index (χ0v) is 10.3. The van der Waals surface area contributed by atoms with Crippen LogP contribution >= 0.6 is 0 Å². The van der Waals surface area contributed by atoms with Crippen LogP contribution in [0.25, 0.3) is 10.8 Å². The SMILES string of the molecule is c1ccc(CN=Nc2nncc3ccccc23)cc1. The molecule has 4 nitrogen and oxygen atoms in total. The van der Waals surface area contributed by atoms with Gasteiger partial charge in [0.25, 0.3) is 0 Å². The summed E-state index contributed by atoms with van der Waals surface area (Å²) in [5, 5.41) is 18.3. The van der Waals surface area contributed by atoms with E-state index in [0.717, 1.165) is 16.3 Å². The van der Waals surface area contributed by atoms with E-state index in [0.29, 0.717) is 12.4 Å². The fourth-order valence-electron chi connectivity index (χ4n) is 1.85. The minimum Gasteiger partial charge on any atom is -0.182 e. The van der Waals surface area contributed by atoms with Crippen molar-refractivity contribution in [3.05, 3.63) is 66.4 Å². The van der Waals surface area contributed by atoms with Crippen LogP contribution in [0.5, 0.6) is 0 Å². The molecule has 3 aromatic rings. The molecular formula is C15H12N4. The predicted octanol–water partition coefficient (Wildman–Crippen LogP) is 3.91. The molecule has 0 amide bonds. The third-order valence-electron chi connectivity index (χ3n) is 2.81. The number of benzene rings is 2. The summed E-state index contributed by atoms with van der Waals surface area (Å²) in [4.78, 5) is 0. The molecule has 0 N–H and O–H groups in total. The van der Waals surface area contributed by atoms with E-state index in [-0.39, 0.29) is 0 Å². The van der Waals surface area contributed by atoms with E-state index < -0.39 is 0 Å². The molecule has 0 saturated heterocycles. The largest absolute Gasteiger partial charge is 0.203 e. The van der Waals surface area contributed by atoms with Crippen molar-refractivity contribution >= 4 is 16.6 Å². The zero-order chi connectivity index (χ0) is 12.9. The van der Waals surface area contributed by atoms with E-state index in [1.807, 2.05) is 54.6 Å². The van der Waals surface area contributed by atoms with Crippen molar-refractivity contribution in [3.8, 4) is 0 Å². The van der Waals surface area contributed by atoms with Crippen LogP contribution < -0.4 is 0 Å². The van der Waals surface area contributed by atoms with Crippen molar-refractivity contribution in [1.29, 1.82) is 0 Å². The molecule has 3 rings (SSSR count). The van der Waals surface area contributed by atoms with Crippen LogP contribution in [-0.4, -0.2) is 10.2 Å². The van der Waals surface area contributed by atoms with Gasteiger partial charge in [0.05, 0.1) is 12.7 Å². The van der Waals surface area contributed by atoms with E-state index >= 15 is 0 Å². The maximum Gasteiger partial charge on any atom is 0.203 e. The molecule has 1 heterocycles. The van der Waals surface area contributed by atoms with Crippen LogP contribution in [0.3, 0.4) is 0 Å². The van der Waals surface area contributed by atoms with Gasteiger partial charge in [-0.15, -0.1) is 10.2 Å². The second kappa shape index (κ2) is 5.35. The summed E-state index contributed by atoms with van der Waals surface area (Å²) in [7, 11) is 0. The van der Waals surface area contributed by atoms with Crippen LogP contribution in [0.1, 0.15) is 5.56 Å². The van der Waals surface area contributed by atoms with Gasteiger partial charge in [-0.2, -0.15) is 10.2 Å². The number of azo groups is 1. The fourth-order valence-corrected chi connectivity index (χ4v) is 1.85.